The van der Waals surface area contributed by atoms with Crippen molar-refractivity contribution in [3.63, 3.8) is 0 Å². The lowest BCUT2D eigenvalue weighted by Gasteiger charge is -2.14. The number of aromatic carboxylic acids is 1. The number of carboxylic acid groups (broad SMARTS) is 1. The third-order valence-corrected chi connectivity index (χ3v) is 3.70. The molecule has 4 nitrogen and oxygen atoms in total. The molecular formula is C14H10F3NO3. The minimum Gasteiger partial charge on any atom is -0.477 e. The number of fused-ring (bicyclic) bond motifs is 1. The van der Waals surface area contributed by atoms with E-state index < -0.39 is 40.8 Å². The zero-order chi connectivity index (χ0) is 15.5. The van der Waals surface area contributed by atoms with Crippen molar-refractivity contribution in [2.45, 2.75) is 25.6 Å². The summed E-state index contributed by atoms with van der Waals surface area (Å²) in [5, 5.41) is 8.78. The van der Waals surface area contributed by atoms with Crippen molar-refractivity contribution in [2.24, 2.45) is 0 Å². The molecule has 1 aliphatic rings. The number of carboxylic acids is 1. The van der Waals surface area contributed by atoms with Gasteiger partial charge in [-0.25, -0.2) is 18.0 Å². The summed E-state index contributed by atoms with van der Waals surface area (Å²) in [6.07, 6.45) is -0.0401. The molecule has 1 fully saturated rings. The summed E-state index contributed by atoms with van der Waals surface area (Å²) >= 11 is 0. The van der Waals surface area contributed by atoms with Gasteiger partial charge in [0.25, 0.3) is 0 Å². The van der Waals surface area contributed by atoms with Crippen LogP contribution < -0.4 is 5.43 Å². The molecule has 7 heteroatoms. The molecule has 1 N–H and O–H groups in total. The van der Waals surface area contributed by atoms with Crippen LogP contribution >= 0.6 is 0 Å². The molecular weight excluding hydrogens is 287 g/mol. The summed E-state index contributed by atoms with van der Waals surface area (Å²) in [6.45, 7) is 1.27. The predicted molar refractivity (Wildman–Crippen MR) is 68.4 cm³/mol. The molecule has 1 aliphatic carbocycles. The van der Waals surface area contributed by atoms with Crippen molar-refractivity contribution in [1.82, 2.24) is 4.57 Å². The van der Waals surface area contributed by atoms with E-state index in [1.54, 1.807) is 0 Å². The van der Waals surface area contributed by atoms with Crippen molar-refractivity contribution in [1.29, 1.82) is 0 Å². The molecule has 0 unspecified atom stereocenters. The Balaban J connectivity index is 2.49. The summed E-state index contributed by atoms with van der Waals surface area (Å²) in [4.78, 5) is 23.2. The topological polar surface area (TPSA) is 59.3 Å². The van der Waals surface area contributed by atoms with Crippen LogP contribution in [-0.2, 0) is 0 Å². The van der Waals surface area contributed by atoms with E-state index in [9.17, 15) is 22.8 Å². The lowest BCUT2D eigenvalue weighted by atomic mass is 10.1. The van der Waals surface area contributed by atoms with Crippen LogP contribution in [0, 0.1) is 18.6 Å². The first-order chi connectivity index (χ1) is 9.82. The molecule has 1 heterocycles. The largest absolute Gasteiger partial charge is 0.477 e. The van der Waals surface area contributed by atoms with Gasteiger partial charge >= 0.3 is 5.97 Å². The number of nitrogens with zero attached hydrogens (tertiary/aromatic N) is 1. The summed E-state index contributed by atoms with van der Waals surface area (Å²) in [6, 6.07) is 0.00761. The Bertz CT molecular complexity index is 844. The lowest BCUT2D eigenvalue weighted by Crippen LogP contribution is -2.20. The van der Waals surface area contributed by atoms with Gasteiger partial charge in [0.15, 0.2) is 11.6 Å². The van der Waals surface area contributed by atoms with E-state index in [0.717, 1.165) is 6.20 Å². The van der Waals surface area contributed by atoms with E-state index in [0.29, 0.717) is 6.07 Å². The SMILES string of the molecule is Cc1c(F)c(F)cc2c(=O)c(C(=O)O)cn([C@@H]3C[C@@H]3F)c12. The van der Waals surface area contributed by atoms with Crippen LogP contribution in [0.1, 0.15) is 28.4 Å². The number of benzene rings is 1. The highest BCUT2D eigenvalue weighted by atomic mass is 19.2. The van der Waals surface area contributed by atoms with Gasteiger partial charge in [0, 0.05) is 23.6 Å². The first-order valence-electron chi connectivity index (χ1n) is 6.23. The predicted octanol–water partition coefficient (Wildman–Crippen LogP) is 2.57. The van der Waals surface area contributed by atoms with Crippen LogP contribution in [0.15, 0.2) is 17.1 Å². The molecule has 0 saturated heterocycles. The summed E-state index contributed by atoms with van der Waals surface area (Å²) < 4.78 is 41.8. The number of rotatable bonds is 2. The zero-order valence-electron chi connectivity index (χ0n) is 10.9. The Kier molecular flexibility index (Phi) is 2.82. The fourth-order valence-electron chi connectivity index (χ4n) is 2.51. The van der Waals surface area contributed by atoms with E-state index in [2.05, 4.69) is 0 Å². The number of halogens is 3. The molecule has 0 amide bonds. The van der Waals surface area contributed by atoms with Crippen LogP contribution in [0.4, 0.5) is 13.2 Å². The number of alkyl halides is 1. The number of aryl methyl sites for hydroxylation is 1. The molecule has 21 heavy (non-hydrogen) atoms. The maximum Gasteiger partial charge on any atom is 0.341 e. The molecule has 0 aliphatic heterocycles. The monoisotopic (exact) mass is 297 g/mol. The Morgan fingerprint density at radius 3 is 2.57 bits per heavy atom. The van der Waals surface area contributed by atoms with Gasteiger partial charge < -0.3 is 9.67 Å². The normalized spacial score (nSPS) is 20.8. The number of aromatic nitrogens is 1. The second kappa shape index (κ2) is 4.34. The van der Waals surface area contributed by atoms with Gasteiger partial charge in [0.2, 0.25) is 5.43 Å². The smallest absolute Gasteiger partial charge is 0.341 e. The fraction of sp³-hybridized carbons (Fsp3) is 0.286. The minimum absolute atomic E-state index is 0.0362. The third kappa shape index (κ3) is 1.91. The molecule has 2 aromatic rings. The number of hydrogen-bond acceptors (Lipinski definition) is 2. The van der Waals surface area contributed by atoms with E-state index in [1.165, 1.54) is 11.5 Å². The molecule has 1 saturated carbocycles. The highest BCUT2D eigenvalue weighted by Crippen LogP contribution is 2.41. The fourth-order valence-corrected chi connectivity index (χ4v) is 2.51. The van der Waals surface area contributed by atoms with Crippen LogP contribution in [0.25, 0.3) is 10.9 Å². The van der Waals surface area contributed by atoms with Gasteiger partial charge in [-0.3, -0.25) is 4.79 Å². The van der Waals surface area contributed by atoms with Crippen molar-refractivity contribution in [3.8, 4) is 0 Å². The maximum atomic E-state index is 13.7. The summed E-state index contributed by atoms with van der Waals surface area (Å²) in [5.41, 5.74) is -1.61. The first kappa shape index (κ1) is 13.7. The van der Waals surface area contributed by atoms with E-state index in [1.807, 2.05) is 0 Å². The first-order valence-corrected chi connectivity index (χ1v) is 6.23. The van der Waals surface area contributed by atoms with Crippen LogP contribution in [0.2, 0.25) is 0 Å². The van der Waals surface area contributed by atoms with Gasteiger partial charge in [-0.2, -0.15) is 0 Å². The number of hydrogen-bond donors (Lipinski definition) is 1. The second-order valence-corrected chi connectivity index (χ2v) is 5.10. The molecule has 2 atom stereocenters. The van der Waals surface area contributed by atoms with Crippen LogP contribution in [-0.4, -0.2) is 21.8 Å². The average molecular weight is 297 g/mol. The molecule has 0 spiro atoms. The van der Waals surface area contributed by atoms with Crippen LogP contribution in [0.5, 0.6) is 0 Å². The van der Waals surface area contributed by atoms with Gasteiger partial charge in [-0.15, -0.1) is 0 Å². The van der Waals surface area contributed by atoms with Crippen molar-refractivity contribution >= 4 is 16.9 Å². The minimum atomic E-state index is -1.49. The van der Waals surface area contributed by atoms with E-state index in [4.69, 9.17) is 5.11 Å². The summed E-state index contributed by atoms with van der Waals surface area (Å²) in [5.74, 6) is -3.86. The lowest BCUT2D eigenvalue weighted by molar-refractivity contribution is 0.0694. The van der Waals surface area contributed by atoms with Crippen molar-refractivity contribution in [3.05, 3.63) is 45.2 Å². The van der Waals surface area contributed by atoms with Crippen molar-refractivity contribution < 1.29 is 23.1 Å². The highest BCUT2D eigenvalue weighted by molar-refractivity contribution is 5.93. The van der Waals surface area contributed by atoms with Crippen molar-refractivity contribution in [2.75, 3.05) is 0 Å². The van der Waals surface area contributed by atoms with Gasteiger partial charge in [0.05, 0.1) is 11.6 Å². The van der Waals surface area contributed by atoms with Gasteiger partial charge in [-0.1, -0.05) is 0 Å². The Hall–Kier alpha value is -2.31. The molecule has 0 radical (unpaired) electrons. The van der Waals surface area contributed by atoms with Gasteiger partial charge in [-0.05, 0) is 13.0 Å². The molecule has 0 bridgehead atoms. The Morgan fingerprint density at radius 1 is 1.43 bits per heavy atom. The van der Waals surface area contributed by atoms with Crippen LogP contribution in [0.3, 0.4) is 0 Å². The quantitative estimate of drug-likeness (QED) is 0.926. The Morgan fingerprint density at radius 2 is 2.05 bits per heavy atom. The summed E-state index contributed by atoms with van der Waals surface area (Å²) in [7, 11) is 0. The van der Waals surface area contributed by atoms with E-state index in [-0.39, 0.29) is 22.9 Å². The maximum absolute atomic E-state index is 13.7. The molecule has 1 aromatic heterocycles. The molecule has 1 aromatic carbocycles. The molecule has 3 rings (SSSR count). The highest BCUT2D eigenvalue weighted by Gasteiger charge is 2.40. The molecule has 110 valence electrons. The van der Waals surface area contributed by atoms with Gasteiger partial charge in [0.1, 0.15) is 11.7 Å². The third-order valence-electron chi connectivity index (χ3n) is 3.70. The number of carbonyl (C=O) groups is 1. The standard InChI is InChI=1S/C14H10F3NO3/c1-5-11(17)9(16)2-6-12(5)18(10-3-8(10)15)4-7(13(6)19)14(20)21/h2,4,8,10H,3H2,1H3,(H,20,21)/t8-,10+/m0/s1. The van der Waals surface area contributed by atoms with E-state index >= 15 is 0 Å². The Labute approximate surface area is 116 Å². The number of pyridine rings is 1. The average Bonchev–Trinajstić information content (AvgIpc) is 3.14. The second-order valence-electron chi connectivity index (χ2n) is 5.10. The zero-order valence-corrected chi connectivity index (χ0v) is 10.9.